The molecule has 252 valence electrons. The lowest BCUT2D eigenvalue weighted by Crippen LogP contribution is -2.54. The van der Waals surface area contributed by atoms with Gasteiger partial charge in [-0.05, 0) is 55.2 Å². The van der Waals surface area contributed by atoms with Gasteiger partial charge in [0.05, 0.1) is 24.8 Å². The Morgan fingerprint density at radius 2 is 1.42 bits per heavy atom. The second-order valence-corrected chi connectivity index (χ2v) is 13.9. The molecule has 10 heteroatoms. The Kier molecular flexibility index (Phi) is 11.4. The fourth-order valence-corrected chi connectivity index (χ4v) is 7.48. The number of benzene rings is 4. The Morgan fingerprint density at radius 1 is 0.812 bits per heavy atom. The molecule has 0 radical (unpaired) electrons. The van der Waals surface area contributed by atoms with Gasteiger partial charge in [0.1, 0.15) is 12.6 Å². The predicted molar refractivity (Wildman–Crippen MR) is 187 cm³/mol. The number of carbonyl (C=O) groups is 2. The standard InChI is InChI=1S/C38H43N3O6S/c1-28-18-20-32(21-19-28)41(48(44,45)33-22-23-35(46-2)36(25-33)47-3)27-37(42)40(26-30-14-8-5-9-15-30)34(24-29-12-6-4-7-13-29)38(43)39-31-16-10-11-17-31/h4-9,12-15,18-23,25,31,34H,10-11,16-17,24,26-27H2,1-3H3,(H,39,43)/t34-/m1/s1. The Labute approximate surface area is 283 Å². The number of hydrogen-bond donors (Lipinski definition) is 1. The summed E-state index contributed by atoms with van der Waals surface area (Å²) in [6.07, 6.45) is 4.13. The highest BCUT2D eigenvalue weighted by molar-refractivity contribution is 7.92. The van der Waals surface area contributed by atoms with E-state index in [4.69, 9.17) is 9.47 Å². The van der Waals surface area contributed by atoms with Crippen LogP contribution in [0.2, 0.25) is 0 Å². The van der Waals surface area contributed by atoms with Gasteiger partial charge in [0, 0.05) is 25.1 Å². The SMILES string of the molecule is COc1ccc(S(=O)(=O)N(CC(=O)N(Cc2ccccc2)[C@H](Cc2ccccc2)C(=O)NC2CCCC2)c2ccc(C)cc2)cc1OC. The van der Waals surface area contributed by atoms with Crippen LogP contribution >= 0.6 is 0 Å². The Hall–Kier alpha value is -4.83. The van der Waals surface area contributed by atoms with E-state index in [1.165, 1.54) is 37.3 Å². The van der Waals surface area contributed by atoms with Crippen LogP contribution in [-0.4, -0.2) is 58.0 Å². The molecule has 2 amide bonds. The summed E-state index contributed by atoms with van der Waals surface area (Å²) in [6.45, 7) is 1.49. The van der Waals surface area contributed by atoms with Crippen molar-refractivity contribution < 1.29 is 27.5 Å². The van der Waals surface area contributed by atoms with Crippen LogP contribution in [-0.2, 0) is 32.6 Å². The number of amides is 2. The summed E-state index contributed by atoms with van der Waals surface area (Å²) >= 11 is 0. The number of methoxy groups -OCH3 is 2. The fraction of sp³-hybridized carbons (Fsp3) is 0.316. The van der Waals surface area contributed by atoms with E-state index in [0.29, 0.717) is 11.4 Å². The first kappa shape index (κ1) is 34.5. The van der Waals surface area contributed by atoms with Crippen molar-refractivity contribution in [1.29, 1.82) is 0 Å². The third kappa shape index (κ3) is 8.36. The number of carbonyl (C=O) groups excluding carboxylic acids is 2. The highest BCUT2D eigenvalue weighted by Gasteiger charge is 2.36. The molecule has 0 aromatic heterocycles. The summed E-state index contributed by atoms with van der Waals surface area (Å²) < 4.78 is 40.6. The van der Waals surface area contributed by atoms with Crippen LogP contribution < -0.4 is 19.1 Å². The van der Waals surface area contributed by atoms with Gasteiger partial charge in [0.2, 0.25) is 11.8 Å². The van der Waals surface area contributed by atoms with E-state index in [9.17, 15) is 18.0 Å². The molecule has 1 aliphatic rings. The van der Waals surface area contributed by atoms with Crippen LogP contribution in [0.4, 0.5) is 5.69 Å². The van der Waals surface area contributed by atoms with Crippen LogP contribution in [0.3, 0.4) is 0 Å². The molecule has 1 fully saturated rings. The summed E-state index contributed by atoms with van der Waals surface area (Å²) in [7, 11) is -1.40. The number of nitrogens with zero attached hydrogens (tertiary/aromatic N) is 2. The smallest absolute Gasteiger partial charge is 0.264 e. The fourth-order valence-electron chi connectivity index (χ4n) is 6.05. The molecule has 0 spiro atoms. The second kappa shape index (κ2) is 15.8. The molecule has 0 aliphatic heterocycles. The van der Waals surface area contributed by atoms with Gasteiger partial charge in [-0.2, -0.15) is 0 Å². The predicted octanol–water partition coefficient (Wildman–Crippen LogP) is 5.91. The average Bonchev–Trinajstić information content (AvgIpc) is 3.62. The number of aryl methyl sites for hydroxylation is 1. The molecule has 9 nitrogen and oxygen atoms in total. The molecule has 48 heavy (non-hydrogen) atoms. The molecule has 4 aromatic carbocycles. The van der Waals surface area contributed by atoms with E-state index >= 15 is 0 Å². The van der Waals surface area contributed by atoms with Gasteiger partial charge in [-0.25, -0.2) is 8.42 Å². The number of ether oxygens (including phenoxy) is 2. The van der Waals surface area contributed by atoms with Crippen molar-refractivity contribution in [1.82, 2.24) is 10.2 Å². The Bertz CT molecular complexity index is 1780. The quantitative estimate of drug-likeness (QED) is 0.179. The van der Waals surface area contributed by atoms with Crippen molar-refractivity contribution in [3.63, 3.8) is 0 Å². The lowest BCUT2D eigenvalue weighted by atomic mass is 10.0. The zero-order valence-electron chi connectivity index (χ0n) is 27.7. The molecule has 0 saturated heterocycles. The summed E-state index contributed by atoms with van der Waals surface area (Å²) in [5.74, 6) is -0.142. The molecule has 1 saturated carbocycles. The van der Waals surface area contributed by atoms with Crippen LogP contribution in [0.15, 0.2) is 108 Å². The molecule has 1 atom stereocenters. The summed E-state index contributed by atoms with van der Waals surface area (Å²) in [6, 6.07) is 29.4. The molecule has 0 bridgehead atoms. The van der Waals surface area contributed by atoms with Crippen LogP contribution in [0.5, 0.6) is 11.5 Å². The minimum absolute atomic E-state index is 0.0407. The first-order chi connectivity index (χ1) is 23.2. The van der Waals surface area contributed by atoms with E-state index in [1.807, 2.05) is 67.6 Å². The van der Waals surface area contributed by atoms with Crippen molar-refractivity contribution in [3.8, 4) is 11.5 Å². The van der Waals surface area contributed by atoms with Gasteiger partial charge in [-0.15, -0.1) is 0 Å². The maximum absolute atomic E-state index is 14.7. The summed E-state index contributed by atoms with van der Waals surface area (Å²) in [5, 5.41) is 3.20. The molecular weight excluding hydrogens is 627 g/mol. The number of anilines is 1. The number of nitrogens with one attached hydrogen (secondary N) is 1. The minimum Gasteiger partial charge on any atom is -0.493 e. The van der Waals surface area contributed by atoms with E-state index in [2.05, 4.69) is 5.32 Å². The first-order valence-corrected chi connectivity index (χ1v) is 17.6. The second-order valence-electron chi connectivity index (χ2n) is 12.1. The van der Waals surface area contributed by atoms with Crippen molar-refractivity contribution in [2.75, 3.05) is 25.1 Å². The first-order valence-electron chi connectivity index (χ1n) is 16.2. The molecule has 0 unspecified atom stereocenters. The minimum atomic E-state index is -4.30. The normalized spacial score (nSPS) is 13.8. The molecule has 4 aromatic rings. The van der Waals surface area contributed by atoms with Crippen molar-refractivity contribution in [3.05, 3.63) is 120 Å². The summed E-state index contributed by atoms with van der Waals surface area (Å²) in [5.41, 5.74) is 2.97. The van der Waals surface area contributed by atoms with E-state index in [1.54, 1.807) is 24.3 Å². The number of sulfonamides is 1. The van der Waals surface area contributed by atoms with Crippen molar-refractivity contribution in [2.45, 2.75) is 62.6 Å². The van der Waals surface area contributed by atoms with Gasteiger partial charge in [0.25, 0.3) is 10.0 Å². The van der Waals surface area contributed by atoms with Crippen molar-refractivity contribution >= 4 is 27.5 Å². The van der Waals surface area contributed by atoms with Gasteiger partial charge < -0.3 is 19.7 Å². The Balaban J connectivity index is 1.57. The molecule has 0 heterocycles. The molecule has 1 N–H and O–H groups in total. The van der Waals surface area contributed by atoms with E-state index < -0.39 is 28.5 Å². The van der Waals surface area contributed by atoms with Gasteiger partial charge in [0.15, 0.2) is 11.5 Å². The van der Waals surface area contributed by atoms with Gasteiger partial charge in [-0.1, -0.05) is 91.2 Å². The van der Waals surface area contributed by atoms with Crippen LogP contribution in [0, 0.1) is 6.92 Å². The molecule has 1 aliphatic carbocycles. The monoisotopic (exact) mass is 669 g/mol. The van der Waals surface area contributed by atoms with Gasteiger partial charge in [-0.3, -0.25) is 13.9 Å². The van der Waals surface area contributed by atoms with E-state index in [0.717, 1.165) is 46.7 Å². The molecular formula is C38H43N3O6S. The third-order valence-electron chi connectivity index (χ3n) is 8.71. The highest BCUT2D eigenvalue weighted by atomic mass is 32.2. The highest BCUT2D eigenvalue weighted by Crippen LogP contribution is 2.32. The topological polar surface area (TPSA) is 105 Å². The average molecular weight is 670 g/mol. The molecule has 5 rings (SSSR count). The maximum atomic E-state index is 14.7. The largest absolute Gasteiger partial charge is 0.493 e. The zero-order valence-corrected chi connectivity index (χ0v) is 28.5. The zero-order chi connectivity index (χ0) is 34.1. The van der Waals surface area contributed by atoms with Crippen LogP contribution in [0.1, 0.15) is 42.4 Å². The lowest BCUT2D eigenvalue weighted by molar-refractivity contribution is -0.140. The Morgan fingerprint density at radius 3 is 2.02 bits per heavy atom. The number of rotatable bonds is 14. The lowest BCUT2D eigenvalue weighted by Gasteiger charge is -2.34. The summed E-state index contributed by atoms with van der Waals surface area (Å²) in [4.78, 5) is 30.2. The van der Waals surface area contributed by atoms with Crippen molar-refractivity contribution in [2.24, 2.45) is 0 Å². The maximum Gasteiger partial charge on any atom is 0.264 e. The van der Waals surface area contributed by atoms with Gasteiger partial charge >= 0.3 is 0 Å². The third-order valence-corrected chi connectivity index (χ3v) is 10.5. The van der Waals surface area contributed by atoms with Crippen LogP contribution in [0.25, 0.3) is 0 Å². The van der Waals surface area contributed by atoms with E-state index in [-0.39, 0.29) is 35.6 Å². The number of hydrogen-bond acceptors (Lipinski definition) is 6.